The summed E-state index contributed by atoms with van der Waals surface area (Å²) in [4.78, 5) is 13.1. The van der Waals surface area contributed by atoms with Crippen molar-refractivity contribution in [2.75, 3.05) is 0 Å². The molecule has 0 aliphatic carbocycles. The third-order valence-electron chi connectivity index (χ3n) is 4.99. The molecule has 0 aliphatic heterocycles. The van der Waals surface area contributed by atoms with Crippen molar-refractivity contribution >= 4 is 5.91 Å². The van der Waals surface area contributed by atoms with Crippen LogP contribution in [0.5, 0.6) is 0 Å². The lowest BCUT2D eigenvalue weighted by atomic mass is 9.94. The summed E-state index contributed by atoms with van der Waals surface area (Å²) in [5.74, 6) is -0.0392. The van der Waals surface area contributed by atoms with Gasteiger partial charge in [0.15, 0.2) is 0 Å². The van der Waals surface area contributed by atoms with Gasteiger partial charge < -0.3 is 5.32 Å². The molecule has 26 heavy (non-hydrogen) atoms. The summed E-state index contributed by atoms with van der Waals surface area (Å²) in [6, 6.07) is 22.2. The van der Waals surface area contributed by atoms with Crippen molar-refractivity contribution in [2.45, 2.75) is 33.7 Å². The molecule has 2 heteroatoms. The van der Waals surface area contributed by atoms with E-state index in [0.717, 1.165) is 27.8 Å². The molecule has 0 aliphatic rings. The monoisotopic (exact) mass is 343 g/mol. The number of benzene rings is 3. The molecule has 0 saturated carbocycles. The van der Waals surface area contributed by atoms with Gasteiger partial charge in [0, 0.05) is 5.56 Å². The summed E-state index contributed by atoms with van der Waals surface area (Å²) in [7, 11) is 0. The summed E-state index contributed by atoms with van der Waals surface area (Å²) in [5, 5.41) is 3.26. The van der Waals surface area contributed by atoms with E-state index >= 15 is 0 Å². The topological polar surface area (TPSA) is 29.1 Å². The first-order valence-corrected chi connectivity index (χ1v) is 8.96. The van der Waals surface area contributed by atoms with Gasteiger partial charge in [-0.15, -0.1) is 0 Å². The number of amides is 1. The molecule has 3 rings (SSSR count). The van der Waals surface area contributed by atoms with Gasteiger partial charge in [0.1, 0.15) is 0 Å². The van der Waals surface area contributed by atoms with Gasteiger partial charge >= 0.3 is 0 Å². The Morgan fingerprint density at radius 1 is 0.731 bits per heavy atom. The second kappa shape index (κ2) is 7.57. The van der Waals surface area contributed by atoms with Gasteiger partial charge in [-0.1, -0.05) is 60.7 Å². The fourth-order valence-electron chi connectivity index (χ4n) is 3.31. The maximum absolute atomic E-state index is 13.1. The van der Waals surface area contributed by atoms with E-state index in [1.807, 2.05) is 50.2 Å². The Morgan fingerprint density at radius 3 is 2.04 bits per heavy atom. The van der Waals surface area contributed by atoms with Gasteiger partial charge in [0.05, 0.1) is 6.04 Å². The van der Waals surface area contributed by atoms with Gasteiger partial charge in [-0.2, -0.15) is 0 Å². The van der Waals surface area contributed by atoms with E-state index < -0.39 is 0 Å². The molecule has 2 nitrogen and oxygen atoms in total. The van der Waals surface area contributed by atoms with Crippen LogP contribution in [0, 0.1) is 27.7 Å². The Balaban J connectivity index is 2.00. The van der Waals surface area contributed by atoms with E-state index in [1.165, 1.54) is 11.1 Å². The lowest BCUT2D eigenvalue weighted by Crippen LogP contribution is -2.30. The van der Waals surface area contributed by atoms with Crippen molar-refractivity contribution in [1.82, 2.24) is 5.32 Å². The van der Waals surface area contributed by atoms with Crippen LogP contribution < -0.4 is 5.32 Å². The first-order chi connectivity index (χ1) is 12.5. The summed E-state index contributed by atoms with van der Waals surface area (Å²) < 4.78 is 0. The number of rotatable bonds is 4. The minimum absolute atomic E-state index is 0.0392. The number of hydrogen-bond donors (Lipinski definition) is 1. The molecule has 3 aromatic rings. The van der Waals surface area contributed by atoms with Crippen LogP contribution in [0.25, 0.3) is 0 Å². The molecule has 1 atom stereocenters. The van der Waals surface area contributed by atoms with Gasteiger partial charge in [0.2, 0.25) is 0 Å². The smallest absolute Gasteiger partial charge is 0.252 e. The Hall–Kier alpha value is -2.87. The number of carbonyl (C=O) groups excluding carboxylic acids is 1. The molecule has 1 amide bonds. The predicted molar refractivity (Wildman–Crippen MR) is 108 cm³/mol. The van der Waals surface area contributed by atoms with E-state index in [1.54, 1.807) is 0 Å². The molecule has 0 spiro atoms. The SMILES string of the molecule is Cc1cc(C)c(C(=O)N[C@H](c2ccccc2)c2ccccc2C)cc1C. The highest BCUT2D eigenvalue weighted by atomic mass is 16.1. The van der Waals surface area contributed by atoms with Crippen molar-refractivity contribution < 1.29 is 4.79 Å². The highest BCUT2D eigenvalue weighted by molar-refractivity contribution is 5.96. The zero-order valence-corrected chi connectivity index (χ0v) is 15.8. The van der Waals surface area contributed by atoms with Crippen LogP contribution in [-0.4, -0.2) is 5.91 Å². The van der Waals surface area contributed by atoms with Crippen molar-refractivity contribution in [1.29, 1.82) is 0 Å². The highest BCUT2D eigenvalue weighted by Gasteiger charge is 2.20. The molecule has 0 bridgehead atoms. The molecule has 0 unspecified atom stereocenters. The molecule has 132 valence electrons. The predicted octanol–water partition coefficient (Wildman–Crippen LogP) is 5.44. The largest absolute Gasteiger partial charge is 0.341 e. The molecule has 0 aromatic heterocycles. The Labute approximate surface area is 155 Å². The first-order valence-electron chi connectivity index (χ1n) is 8.96. The lowest BCUT2D eigenvalue weighted by molar-refractivity contribution is 0.0942. The third-order valence-corrected chi connectivity index (χ3v) is 4.99. The summed E-state index contributed by atoms with van der Waals surface area (Å²) in [6.45, 7) is 8.19. The minimum atomic E-state index is -0.175. The number of hydrogen-bond acceptors (Lipinski definition) is 1. The Kier molecular flexibility index (Phi) is 5.22. The summed E-state index contributed by atoms with van der Waals surface area (Å²) in [5.41, 5.74) is 7.44. The van der Waals surface area contributed by atoms with Crippen LogP contribution in [0.3, 0.4) is 0 Å². The second-order valence-corrected chi connectivity index (χ2v) is 6.93. The summed E-state index contributed by atoms with van der Waals surface area (Å²) in [6.07, 6.45) is 0. The Bertz CT molecular complexity index is 928. The van der Waals surface area contributed by atoms with E-state index in [4.69, 9.17) is 0 Å². The second-order valence-electron chi connectivity index (χ2n) is 6.93. The standard InChI is InChI=1S/C24H25NO/c1-16-10-8-9-13-21(16)23(20-11-6-5-7-12-20)25-24(26)22-15-18(3)17(2)14-19(22)4/h5-15,23H,1-4H3,(H,25,26)/t23-/m1/s1. The maximum atomic E-state index is 13.1. The fraction of sp³-hybridized carbons (Fsp3) is 0.208. The quantitative estimate of drug-likeness (QED) is 0.671. The molecule has 1 N–H and O–H groups in total. The van der Waals surface area contributed by atoms with Crippen LogP contribution in [0.2, 0.25) is 0 Å². The Morgan fingerprint density at radius 2 is 1.35 bits per heavy atom. The normalized spacial score (nSPS) is 11.8. The zero-order chi connectivity index (χ0) is 18.7. The zero-order valence-electron chi connectivity index (χ0n) is 15.8. The molecule has 3 aromatic carbocycles. The molecular formula is C24H25NO. The van der Waals surface area contributed by atoms with Gasteiger partial charge in [-0.3, -0.25) is 4.79 Å². The van der Waals surface area contributed by atoms with E-state index in [-0.39, 0.29) is 11.9 Å². The van der Waals surface area contributed by atoms with Crippen molar-refractivity contribution in [3.8, 4) is 0 Å². The molecule has 0 saturated heterocycles. The van der Waals surface area contributed by atoms with Crippen LogP contribution in [0.4, 0.5) is 0 Å². The molecule has 0 heterocycles. The third kappa shape index (κ3) is 3.70. The van der Waals surface area contributed by atoms with Gasteiger partial charge in [-0.05, 0) is 67.1 Å². The molecular weight excluding hydrogens is 318 g/mol. The number of nitrogens with one attached hydrogen (secondary N) is 1. The summed E-state index contributed by atoms with van der Waals surface area (Å²) >= 11 is 0. The van der Waals surface area contributed by atoms with Crippen molar-refractivity contribution in [2.24, 2.45) is 0 Å². The van der Waals surface area contributed by atoms with Crippen molar-refractivity contribution in [3.05, 3.63) is 106 Å². The van der Waals surface area contributed by atoms with Crippen LogP contribution >= 0.6 is 0 Å². The van der Waals surface area contributed by atoms with Crippen LogP contribution in [0.1, 0.15) is 49.8 Å². The molecule has 0 fully saturated rings. The average molecular weight is 343 g/mol. The maximum Gasteiger partial charge on any atom is 0.252 e. The van der Waals surface area contributed by atoms with Crippen LogP contribution in [-0.2, 0) is 0 Å². The lowest BCUT2D eigenvalue weighted by Gasteiger charge is -2.22. The van der Waals surface area contributed by atoms with E-state index in [9.17, 15) is 4.79 Å². The minimum Gasteiger partial charge on any atom is -0.341 e. The van der Waals surface area contributed by atoms with E-state index in [0.29, 0.717) is 0 Å². The highest BCUT2D eigenvalue weighted by Crippen LogP contribution is 2.26. The van der Waals surface area contributed by atoms with E-state index in [2.05, 4.69) is 49.5 Å². The van der Waals surface area contributed by atoms with Gasteiger partial charge in [-0.25, -0.2) is 0 Å². The average Bonchev–Trinajstić information content (AvgIpc) is 2.64. The fourth-order valence-corrected chi connectivity index (χ4v) is 3.31. The van der Waals surface area contributed by atoms with Gasteiger partial charge in [0.25, 0.3) is 5.91 Å². The van der Waals surface area contributed by atoms with Crippen LogP contribution in [0.15, 0.2) is 66.7 Å². The molecule has 0 radical (unpaired) electrons. The first kappa shape index (κ1) is 17.9. The number of carbonyl (C=O) groups is 1. The van der Waals surface area contributed by atoms with Crippen molar-refractivity contribution in [3.63, 3.8) is 0 Å². The number of aryl methyl sites for hydroxylation is 4.